The first kappa shape index (κ1) is 14.9. The molecule has 22 heavy (non-hydrogen) atoms. The Balaban J connectivity index is 1.97. The van der Waals surface area contributed by atoms with Crippen molar-refractivity contribution in [3.8, 4) is 17.1 Å². The summed E-state index contributed by atoms with van der Waals surface area (Å²) in [6, 6.07) is 13.3. The molecule has 4 nitrogen and oxygen atoms in total. The van der Waals surface area contributed by atoms with Crippen molar-refractivity contribution >= 4 is 23.2 Å². The first-order valence-corrected chi connectivity index (χ1v) is 7.40. The Labute approximate surface area is 138 Å². The van der Waals surface area contributed by atoms with Crippen molar-refractivity contribution in [3.63, 3.8) is 0 Å². The monoisotopic (exact) mass is 333 g/mol. The number of hydrogen-bond donors (Lipinski definition) is 0. The number of nitrogens with zero attached hydrogens (tertiary/aromatic N) is 3. The van der Waals surface area contributed by atoms with Gasteiger partial charge in [-0.05, 0) is 29.8 Å². The normalized spacial score (nSPS) is 10.7. The van der Waals surface area contributed by atoms with E-state index in [1.165, 1.54) is 0 Å². The second-order valence-corrected chi connectivity index (χ2v) is 5.52. The Bertz CT molecular complexity index is 802. The zero-order valence-electron chi connectivity index (χ0n) is 11.8. The molecule has 0 N–H and O–H groups in total. The van der Waals surface area contributed by atoms with Crippen LogP contribution in [-0.4, -0.2) is 21.9 Å². The number of rotatable bonds is 4. The highest BCUT2D eigenvalue weighted by Crippen LogP contribution is 2.32. The highest BCUT2D eigenvalue weighted by atomic mass is 35.5. The third-order valence-corrected chi connectivity index (χ3v) is 4.11. The summed E-state index contributed by atoms with van der Waals surface area (Å²) in [5.41, 5.74) is 1.84. The van der Waals surface area contributed by atoms with E-state index in [1.54, 1.807) is 19.5 Å². The van der Waals surface area contributed by atoms with Gasteiger partial charge in [-0.1, -0.05) is 41.4 Å². The molecule has 0 saturated heterocycles. The Kier molecular flexibility index (Phi) is 4.32. The molecule has 112 valence electrons. The van der Waals surface area contributed by atoms with Gasteiger partial charge in [0.2, 0.25) is 0 Å². The zero-order valence-corrected chi connectivity index (χ0v) is 13.3. The van der Waals surface area contributed by atoms with Crippen LogP contribution < -0.4 is 4.74 Å². The van der Waals surface area contributed by atoms with Gasteiger partial charge in [0, 0.05) is 5.56 Å². The molecule has 0 bridgehead atoms. The zero-order chi connectivity index (χ0) is 15.5. The van der Waals surface area contributed by atoms with Crippen LogP contribution in [0.15, 0.2) is 48.8 Å². The van der Waals surface area contributed by atoms with Gasteiger partial charge in [0.1, 0.15) is 12.1 Å². The van der Waals surface area contributed by atoms with Gasteiger partial charge in [-0.3, -0.25) is 0 Å². The second-order valence-electron chi connectivity index (χ2n) is 4.74. The largest absolute Gasteiger partial charge is 0.497 e. The van der Waals surface area contributed by atoms with Gasteiger partial charge in [-0.25, -0.2) is 0 Å². The summed E-state index contributed by atoms with van der Waals surface area (Å²) in [7, 11) is 1.65. The maximum Gasteiger partial charge on any atom is 0.165 e. The summed E-state index contributed by atoms with van der Waals surface area (Å²) < 4.78 is 7.17. The topological polar surface area (TPSA) is 39.9 Å². The Morgan fingerprint density at radius 3 is 2.77 bits per heavy atom. The summed E-state index contributed by atoms with van der Waals surface area (Å²) in [4.78, 5) is 0. The lowest BCUT2D eigenvalue weighted by atomic mass is 10.2. The molecule has 1 aromatic heterocycles. The van der Waals surface area contributed by atoms with Crippen LogP contribution in [0.2, 0.25) is 10.0 Å². The van der Waals surface area contributed by atoms with E-state index >= 15 is 0 Å². The van der Waals surface area contributed by atoms with Crippen LogP contribution in [0, 0.1) is 0 Å². The van der Waals surface area contributed by atoms with E-state index in [9.17, 15) is 0 Å². The predicted molar refractivity (Wildman–Crippen MR) is 87.6 cm³/mol. The van der Waals surface area contributed by atoms with Gasteiger partial charge in [0.05, 0.1) is 23.7 Å². The molecule has 0 aliphatic heterocycles. The third-order valence-electron chi connectivity index (χ3n) is 3.30. The summed E-state index contributed by atoms with van der Waals surface area (Å²) in [6.07, 6.45) is 1.67. The number of aromatic nitrogens is 3. The highest BCUT2D eigenvalue weighted by Gasteiger charge is 2.13. The minimum atomic E-state index is 0.476. The minimum absolute atomic E-state index is 0.476. The lowest BCUT2D eigenvalue weighted by molar-refractivity contribution is 0.414. The summed E-state index contributed by atoms with van der Waals surface area (Å²) in [5.74, 6) is 1.49. The molecule has 0 aliphatic rings. The number of methoxy groups -OCH3 is 1. The van der Waals surface area contributed by atoms with Crippen LogP contribution >= 0.6 is 23.2 Å². The minimum Gasteiger partial charge on any atom is -0.497 e. The lowest BCUT2D eigenvalue weighted by Crippen LogP contribution is -2.01. The average Bonchev–Trinajstić information content (AvgIpc) is 2.98. The molecule has 0 saturated carbocycles. The quantitative estimate of drug-likeness (QED) is 0.714. The van der Waals surface area contributed by atoms with Gasteiger partial charge in [0.25, 0.3) is 0 Å². The molecule has 3 aromatic rings. The molecule has 2 aromatic carbocycles. The van der Waals surface area contributed by atoms with E-state index in [0.717, 1.165) is 16.9 Å². The molecule has 0 spiro atoms. The second kappa shape index (κ2) is 6.38. The molecule has 0 fully saturated rings. The first-order valence-electron chi connectivity index (χ1n) is 6.64. The molecule has 0 atom stereocenters. The average molecular weight is 334 g/mol. The summed E-state index contributed by atoms with van der Waals surface area (Å²) in [6.45, 7) is 0.613. The highest BCUT2D eigenvalue weighted by molar-refractivity contribution is 6.43. The van der Waals surface area contributed by atoms with Gasteiger partial charge in [-0.2, -0.15) is 0 Å². The number of ether oxygens (including phenoxy) is 1. The van der Waals surface area contributed by atoms with Gasteiger partial charge < -0.3 is 9.30 Å². The molecule has 0 aliphatic carbocycles. The summed E-state index contributed by atoms with van der Waals surface area (Å²) in [5, 5.41) is 9.13. The standard InChI is InChI=1S/C16H13Cl2N3O/c1-22-12-5-2-4-11(8-12)9-21-10-19-20-16(21)13-6-3-7-14(17)15(13)18/h2-8,10H,9H2,1H3. The van der Waals surface area contributed by atoms with E-state index < -0.39 is 0 Å². The van der Waals surface area contributed by atoms with E-state index in [2.05, 4.69) is 10.2 Å². The van der Waals surface area contributed by atoms with Gasteiger partial charge in [0.15, 0.2) is 5.82 Å². The smallest absolute Gasteiger partial charge is 0.165 e. The fourth-order valence-corrected chi connectivity index (χ4v) is 2.61. The van der Waals surface area contributed by atoms with E-state index in [0.29, 0.717) is 22.4 Å². The van der Waals surface area contributed by atoms with Gasteiger partial charge in [-0.15, -0.1) is 10.2 Å². The molecule has 0 amide bonds. The summed E-state index contributed by atoms with van der Waals surface area (Å²) >= 11 is 12.4. The fraction of sp³-hybridized carbons (Fsp3) is 0.125. The molecular weight excluding hydrogens is 321 g/mol. The van der Waals surface area contributed by atoms with E-state index in [4.69, 9.17) is 27.9 Å². The SMILES string of the molecule is COc1cccc(Cn2cnnc2-c2cccc(Cl)c2Cl)c1. The molecule has 0 radical (unpaired) electrons. The van der Waals surface area contributed by atoms with Crippen molar-refractivity contribution in [2.24, 2.45) is 0 Å². The van der Waals surface area contributed by atoms with Crippen LogP contribution in [0.25, 0.3) is 11.4 Å². The van der Waals surface area contributed by atoms with Crippen molar-refractivity contribution in [1.29, 1.82) is 0 Å². The van der Waals surface area contributed by atoms with Crippen LogP contribution in [0.5, 0.6) is 5.75 Å². The molecule has 6 heteroatoms. The van der Waals surface area contributed by atoms with Gasteiger partial charge >= 0.3 is 0 Å². The Morgan fingerprint density at radius 2 is 1.95 bits per heavy atom. The predicted octanol–water partition coefficient (Wildman–Crippen LogP) is 4.31. The van der Waals surface area contributed by atoms with Crippen molar-refractivity contribution in [3.05, 3.63) is 64.4 Å². The lowest BCUT2D eigenvalue weighted by Gasteiger charge is -2.09. The van der Waals surface area contributed by atoms with Crippen LogP contribution in [0.4, 0.5) is 0 Å². The number of halogens is 2. The number of hydrogen-bond acceptors (Lipinski definition) is 3. The first-order chi connectivity index (χ1) is 10.7. The maximum absolute atomic E-state index is 6.27. The van der Waals surface area contributed by atoms with Crippen LogP contribution in [0.1, 0.15) is 5.56 Å². The molecule has 0 unspecified atom stereocenters. The fourth-order valence-electron chi connectivity index (χ4n) is 2.22. The Morgan fingerprint density at radius 1 is 1.14 bits per heavy atom. The third kappa shape index (κ3) is 2.93. The molecular formula is C16H13Cl2N3O. The molecule has 1 heterocycles. The Hall–Kier alpha value is -2.04. The van der Waals surface area contributed by atoms with Crippen molar-refractivity contribution in [2.75, 3.05) is 7.11 Å². The van der Waals surface area contributed by atoms with Crippen molar-refractivity contribution in [1.82, 2.24) is 14.8 Å². The van der Waals surface area contributed by atoms with Crippen molar-refractivity contribution < 1.29 is 4.74 Å². The van der Waals surface area contributed by atoms with Crippen LogP contribution in [-0.2, 0) is 6.54 Å². The van der Waals surface area contributed by atoms with Crippen molar-refractivity contribution in [2.45, 2.75) is 6.54 Å². The maximum atomic E-state index is 6.27. The molecule has 3 rings (SSSR count). The van der Waals surface area contributed by atoms with E-state index in [-0.39, 0.29) is 0 Å². The van der Waals surface area contributed by atoms with Crippen LogP contribution in [0.3, 0.4) is 0 Å². The number of benzene rings is 2. The van der Waals surface area contributed by atoms with E-state index in [1.807, 2.05) is 41.0 Å².